The maximum atomic E-state index is 12.7. The van der Waals surface area contributed by atoms with Crippen molar-refractivity contribution in [1.82, 2.24) is 4.90 Å². The molecule has 3 aliphatic heterocycles. The molecule has 3 fully saturated rings. The molecule has 1 amide bonds. The number of furan rings is 1. The van der Waals surface area contributed by atoms with Crippen molar-refractivity contribution in [2.24, 2.45) is 0 Å². The Morgan fingerprint density at radius 2 is 2.05 bits per heavy atom. The van der Waals surface area contributed by atoms with Gasteiger partial charge in [-0.05, 0) is 37.8 Å². The SMILES string of the molecule is O=C([C@H]1CCCO1)N1[C@H]2CC[C@H]1CC(O)(c1ccco1)C2. The molecule has 1 N–H and O–H groups in total. The largest absolute Gasteiger partial charge is 0.466 e. The molecule has 3 atom stereocenters. The number of nitrogens with zero attached hydrogens (tertiary/aromatic N) is 1. The average Bonchev–Trinajstić information content (AvgIpc) is 3.18. The summed E-state index contributed by atoms with van der Waals surface area (Å²) in [5, 5.41) is 10.9. The fraction of sp³-hybridized carbons (Fsp3) is 0.688. The minimum Gasteiger partial charge on any atom is -0.466 e. The molecule has 4 heterocycles. The van der Waals surface area contributed by atoms with Crippen LogP contribution >= 0.6 is 0 Å². The molecule has 2 bridgehead atoms. The van der Waals surface area contributed by atoms with Gasteiger partial charge in [-0.15, -0.1) is 0 Å². The number of piperidine rings is 1. The van der Waals surface area contributed by atoms with Crippen LogP contribution in [0.15, 0.2) is 22.8 Å². The lowest BCUT2D eigenvalue weighted by molar-refractivity contribution is -0.152. The molecule has 0 unspecified atom stereocenters. The van der Waals surface area contributed by atoms with E-state index in [9.17, 15) is 9.90 Å². The molecule has 0 radical (unpaired) electrons. The summed E-state index contributed by atoms with van der Waals surface area (Å²) in [6.07, 6.45) is 6.19. The van der Waals surface area contributed by atoms with Gasteiger partial charge in [0.2, 0.25) is 0 Å². The second-order valence-electron chi connectivity index (χ2n) is 6.55. The van der Waals surface area contributed by atoms with Gasteiger partial charge in [-0.3, -0.25) is 4.79 Å². The van der Waals surface area contributed by atoms with Crippen molar-refractivity contribution in [3.8, 4) is 0 Å². The molecule has 0 saturated carbocycles. The second kappa shape index (κ2) is 4.85. The number of hydrogen-bond acceptors (Lipinski definition) is 4. The Balaban J connectivity index is 1.55. The summed E-state index contributed by atoms with van der Waals surface area (Å²) in [6, 6.07) is 3.85. The first-order valence-electron chi connectivity index (χ1n) is 7.87. The van der Waals surface area contributed by atoms with E-state index in [4.69, 9.17) is 9.15 Å². The molecule has 0 aromatic carbocycles. The lowest BCUT2D eigenvalue weighted by Crippen LogP contribution is -2.54. The van der Waals surface area contributed by atoms with Crippen LogP contribution in [0.4, 0.5) is 0 Å². The molecule has 3 saturated heterocycles. The normalized spacial score (nSPS) is 38.9. The molecule has 5 nitrogen and oxygen atoms in total. The molecule has 21 heavy (non-hydrogen) atoms. The standard InChI is InChI=1S/C16H21NO4/c18-15(13-3-1-7-20-13)17-11-5-6-12(17)10-16(19,9-11)14-4-2-8-21-14/h2,4,8,11-13,19H,1,3,5-7,9-10H2/t11-,12-,13+/m0/s1. The van der Waals surface area contributed by atoms with E-state index in [1.165, 1.54) is 0 Å². The fourth-order valence-corrected chi connectivity index (χ4v) is 4.27. The van der Waals surface area contributed by atoms with Crippen LogP contribution in [-0.2, 0) is 15.1 Å². The Kier molecular flexibility index (Phi) is 3.08. The van der Waals surface area contributed by atoms with E-state index in [0.29, 0.717) is 25.2 Å². The highest BCUT2D eigenvalue weighted by Gasteiger charge is 2.52. The van der Waals surface area contributed by atoms with Gasteiger partial charge in [-0.25, -0.2) is 0 Å². The van der Waals surface area contributed by atoms with Gasteiger partial charge >= 0.3 is 0 Å². The van der Waals surface area contributed by atoms with Crippen molar-refractivity contribution < 1.29 is 19.1 Å². The van der Waals surface area contributed by atoms with Crippen LogP contribution in [0.2, 0.25) is 0 Å². The topological polar surface area (TPSA) is 62.9 Å². The summed E-state index contributed by atoms with van der Waals surface area (Å²) in [4.78, 5) is 14.6. The van der Waals surface area contributed by atoms with Crippen LogP contribution < -0.4 is 0 Å². The third kappa shape index (κ3) is 2.10. The highest BCUT2D eigenvalue weighted by molar-refractivity contribution is 5.82. The maximum absolute atomic E-state index is 12.7. The first kappa shape index (κ1) is 13.3. The third-order valence-electron chi connectivity index (χ3n) is 5.21. The molecule has 5 heteroatoms. The predicted molar refractivity (Wildman–Crippen MR) is 74.5 cm³/mol. The van der Waals surface area contributed by atoms with E-state index < -0.39 is 5.60 Å². The average molecular weight is 291 g/mol. The van der Waals surface area contributed by atoms with Gasteiger partial charge in [0.1, 0.15) is 17.5 Å². The van der Waals surface area contributed by atoms with Crippen LogP contribution in [0.5, 0.6) is 0 Å². The zero-order valence-electron chi connectivity index (χ0n) is 12.0. The van der Waals surface area contributed by atoms with Crippen LogP contribution in [-0.4, -0.2) is 40.7 Å². The van der Waals surface area contributed by atoms with Crippen LogP contribution in [0.1, 0.15) is 44.3 Å². The van der Waals surface area contributed by atoms with E-state index in [1.807, 2.05) is 11.0 Å². The zero-order chi connectivity index (χ0) is 14.4. The zero-order valence-corrected chi connectivity index (χ0v) is 12.0. The monoisotopic (exact) mass is 291 g/mol. The number of hydrogen-bond donors (Lipinski definition) is 1. The van der Waals surface area contributed by atoms with E-state index in [1.54, 1.807) is 12.3 Å². The second-order valence-corrected chi connectivity index (χ2v) is 6.55. The molecular formula is C16H21NO4. The molecular weight excluding hydrogens is 270 g/mol. The molecule has 1 aromatic heterocycles. The van der Waals surface area contributed by atoms with E-state index in [0.717, 1.165) is 25.7 Å². The number of aliphatic hydroxyl groups is 1. The number of ether oxygens (including phenoxy) is 1. The molecule has 1 aromatic rings. The van der Waals surface area contributed by atoms with Crippen LogP contribution in [0, 0.1) is 0 Å². The van der Waals surface area contributed by atoms with Gasteiger partial charge in [-0.2, -0.15) is 0 Å². The van der Waals surface area contributed by atoms with Crippen molar-refractivity contribution in [1.29, 1.82) is 0 Å². The Labute approximate surface area is 123 Å². The molecule has 114 valence electrons. The Bertz CT molecular complexity index is 506. The van der Waals surface area contributed by atoms with Crippen molar-refractivity contribution in [2.75, 3.05) is 6.61 Å². The summed E-state index contributed by atoms with van der Waals surface area (Å²) in [5.41, 5.74) is -0.928. The van der Waals surface area contributed by atoms with Gasteiger partial charge in [0.25, 0.3) is 5.91 Å². The summed E-state index contributed by atoms with van der Waals surface area (Å²) in [7, 11) is 0. The first-order valence-corrected chi connectivity index (χ1v) is 7.87. The van der Waals surface area contributed by atoms with Crippen molar-refractivity contribution in [3.63, 3.8) is 0 Å². The molecule has 4 rings (SSSR count). The van der Waals surface area contributed by atoms with E-state index >= 15 is 0 Å². The van der Waals surface area contributed by atoms with Crippen molar-refractivity contribution in [2.45, 2.75) is 62.3 Å². The third-order valence-corrected chi connectivity index (χ3v) is 5.21. The predicted octanol–water partition coefficient (Wildman–Crippen LogP) is 1.80. The maximum Gasteiger partial charge on any atom is 0.252 e. The number of fused-ring (bicyclic) bond motifs is 2. The summed E-state index contributed by atoms with van der Waals surface area (Å²) >= 11 is 0. The molecule has 0 spiro atoms. The number of amides is 1. The summed E-state index contributed by atoms with van der Waals surface area (Å²) in [5.74, 6) is 0.755. The van der Waals surface area contributed by atoms with Crippen molar-refractivity contribution >= 4 is 5.91 Å². The van der Waals surface area contributed by atoms with Gasteiger partial charge in [0, 0.05) is 31.5 Å². The Morgan fingerprint density at radius 1 is 1.29 bits per heavy atom. The Morgan fingerprint density at radius 3 is 2.62 bits per heavy atom. The van der Waals surface area contributed by atoms with Gasteiger partial charge in [-0.1, -0.05) is 0 Å². The summed E-state index contributed by atoms with van der Waals surface area (Å²) in [6.45, 7) is 0.690. The van der Waals surface area contributed by atoms with Gasteiger partial charge < -0.3 is 19.2 Å². The minimum atomic E-state index is -0.928. The lowest BCUT2D eigenvalue weighted by atomic mass is 9.84. The number of rotatable bonds is 2. The van der Waals surface area contributed by atoms with Gasteiger partial charge in [0.15, 0.2) is 0 Å². The number of carbonyl (C=O) groups is 1. The number of carbonyl (C=O) groups excluding carboxylic acids is 1. The van der Waals surface area contributed by atoms with E-state index in [2.05, 4.69) is 0 Å². The first-order chi connectivity index (χ1) is 10.2. The quantitative estimate of drug-likeness (QED) is 0.902. The van der Waals surface area contributed by atoms with E-state index in [-0.39, 0.29) is 24.1 Å². The smallest absolute Gasteiger partial charge is 0.252 e. The lowest BCUT2D eigenvalue weighted by Gasteiger charge is -2.43. The fourth-order valence-electron chi connectivity index (χ4n) is 4.27. The van der Waals surface area contributed by atoms with Crippen LogP contribution in [0.3, 0.4) is 0 Å². The Hall–Kier alpha value is -1.33. The van der Waals surface area contributed by atoms with Crippen LogP contribution in [0.25, 0.3) is 0 Å². The van der Waals surface area contributed by atoms with Crippen molar-refractivity contribution in [3.05, 3.63) is 24.2 Å². The highest BCUT2D eigenvalue weighted by Crippen LogP contribution is 2.46. The highest BCUT2D eigenvalue weighted by atomic mass is 16.5. The summed E-state index contributed by atoms with van der Waals surface area (Å²) < 4.78 is 11.0. The molecule has 0 aliphatic carbocycles. The minimum absolute atomic E-state index is 0.107. The molecule has 3 aliphatic rings. The van der Waals surface area contributed by atoms with Gasteiger partial charge in [0.05, 0.1) is 6.26 Å².